The third-order valence-corrected chi connectivity index (χ3v) is 2.82. The molecule has 3 nitrogen and oxygen atoms in total. The Morgan fingerprint density at radius 2 is 2.31 bits per heavy atom. The van der Waals surface area contributed by atoms with Gasteiger partial charge in [-0.2, -0.15) is 0 Å². The molecule has 2 atom stereocenters. The summed E-state index contributed by atoms with van der Waals surface area (Å²) >= 11 is 0. The van der Waals surface area contributed by atoms with Crippen LogP contribution in [0.25, 0.3) is 0 Å². The van der Waals surface area contributed by atoms with E-state index in [2.05, 4.69) is 24.2 Å². The molecule has 13 heavy (non-hydrogen) atoms. The molecule has 1 N–H and O–H groups in total. The third kappa shape index (κ3) is 3.63. The van der Waals surface area contributed by atoms with Crippen LogP contribution >= 0.6 is 0 Å². The molecule has 0 spiro atoms. The molecule has 0 amide bonds. The summed E-state index contributed by atoms with van der Waals surface area (Å²) < 4.78 is 5.02. The Morgan fingerprint density at radius 1 is 1.54 bits per heavy atom. The van der Waals surface area contributed by atoms with E-state index in [0.717, 1.165) is 19.1 Å². The molecule has 1 aliphatic rings. The van der Waals surface area contributed by atoms with Gasteiger partial charge in [0, 0.05) is 26.2 Å². The Kier molecular flexibility index (Phi) is 4.70. The number of likely N-dealkylation sites (tertiary alicyclic amines) is 1. The van der Waals surface area contributed by atoms with Crippen LogP contribution < -0.4 is 5.32 Å². The highest BCUT2D eigenvalue weighted by Crippen LogP contribution is 2.14. The second-order valence-electron chi connectivity index (χ2n) is 4.08. The molecule has 0 radical (unpaired) electrons. The molecule has 0 aliphatic carbocycles. The number of hydrogen-bond acceptors (Lipinski definition) is 3. The fraction of sp³-hybridized carbons (Fsp3) is 1.00. The number of ether oxygens (including phenoxy) is 1. The van der Waals surface area contributed by atoms with Gasteiger partial charge in [0.1, 0.15) is 0 Å². The SMILES string of the molecule is COCCNC1CCN(C)CC1C. The number of nitrogens with one attached hydrogen (secondary N) is 1. The molecule has 0 saturated carbocycles. The fourth-order valence-electron chi connectivity index (χ4n) is 2.00. The molecule has 2 unspecified atom stereocenters. The van der Waals surface area contributed by atoms with Crippen molar-refractivity contribution in [1.29, 1.82) is 0 Å². The van der Waals surface area contributed by atoms with Crippen molar-refractivity contribution in [3.8, 4) is 0 Å². The van der Waals surface area contributed by atoms with Gasteiger partial charge < -0.3 is 15.0 Å². The summed E-state index contributed by atoms with van der Waals surface area (Å²) in [7, 11) is 3.95. The molecule has 1 rings (SSSR count). The molecule has 1 saturated heterocycles. The standard InChI is InChI=1S/C10H22N2O/c1-9-8-12(2)6-4-10(9)11-5-7-13-3/h9-11H,4-8H2,1-3H3. The highest BCUT2D eigenvalue weighted by Gasteiger charge is 2.22. The molecule has 0 aromatic heterocycles. The maximum absolute atomic E-state index is 5.02. The van der Waals surface area contributed by atoms with Gasteiger partial charge >= 0.3 is 0 Å². The summed E-state index contributed by atoms with van der Waals surface area (Å²) in [6.45, 7) is 6.55. The number of rotatable bonds is 4. The fourth-order valence-corrected chi connectivity index (χ4v) is 2.00. The Morgan fingerprint density at radius 3 is 2.92 bits per heavy atom. The summed E-state index contributed by atoms with van der Waals surface area (Å²) in [5, 5.41) is 3.54. The lowest BCUT2D eigenvalue weighted by Gasteiger charge is -2.35. The predicted octanol–water partition coefficient (Wildman–Crippen LogP) is 0.563. The van der Waals surface area contributed by atoms with Crippen LogP contribution in [-0.2, 0) is 4.74 Å². The van der Waals surface area contributed by atoms with Crippen molar-refractivity contribution >= 4 is 0 Å². The van der Waals surface area contributed by atoms with Crippen LogP contribution in [0, 0.1) is 5.92 Å². The molecule has 0 aromatic carbocycles. The van der Waals surface area contributed by atoms with E-state index in [1.54, 1.807) is 7.11 Å². The average Bonchev–Trinajstić information content (AvgIpc) is 2.09. The highest BCUT2D eigenvalue weighted by molar-refractivity contribution is 4.81. The van der Waals surface area contributed by atoms with Gasteiger partial charge in [-0.3, -0.25) is 0 Å². The number of piperidine rings is 1. The van der Waals surface area contributed by atoms with E-state index in [1.807, 2.05) is 0 Å². The van der Waals surface area contributed by atoms with E-state index in [0.29, 0.717) is 6.04 Å². The lowest BCUT2D eigenvalue weighted by Crippen LogP contribution is -2.47. The smallest absolute Gasteiger partial charge is 0.0587 e. The van der Waals surface area contributed by atoms with Gasteiger partial charge in [-0.15, -0.1) is 0 Å². The molecule has 78 valence electrons. The van der Waals surface area contributed by atoms with Crippen molar-refractivity contribution in [2.24, 2.45) is 5.92 Å². The third-order valence-electron chi connectivity index (χ3n) is 2.82. The Labute approximate surface area is 81.4 Å². The van der Waals surface area contributed by atoms with Crippen molar-refractivity contribution in [2.75, 3.05) is 40.4 Å². The minimum absolute atomic E-state index is 0.686. The van der Waals surface area contributed by atoms with Crippen LogP contribution in [0.3, 0.4) is 0 Å². The minimum Gasteiger partial charge on any atom is -0.383 e. The first-order valence-corrected chi connectivity index (χ1v) is 5.15. The molecule has 0 bridgehead atoms. The molecular formula is C10H22N2O. The lowest BCUT2D eigenvalue weighted by molar-refractivity contribution is 0.154. The van der Waals surface area contributed by atoms with Gasteiger partial charge in [0.2, 0.25) is 0 Å². The van der Waals surface area contributed by atoms with Crippen LogP contribution in [0.15, 0.2) is 0 Å². The van der Waals surface area contributed by atoms with Crippen molar-refractivity contribution in [1.82, 2.24) is 10.2 Å². The molecule has 1 heterocycles. The van der Waals surface area contributed by atoms with Gasteiger partial charge in [0.25, 0.3) is 0 Å². The van der Waals surface area contributed by atoms with Gasteiger partial charge in [-0.05, 0) is 25.9 Å². The first kappa shape index (κ1) is 11.0. The molecule has 0 aromatic rings. The number of nitrogens with zero attached hydrogens (tertiary/aromatic N) is 1. The van der Waals surface area contributed by atoms with Crippen molar-refractivity contribution in [3.63, 3.8) is 0 Å². The van der Waals surface area contributed by atoms with E-state index in [9.17, 15) is 0 Å². The van der Waals surface area contributed by atoms with Gasteiger partial charge in [-0.1, -0.05) is 6.92 Å². The quantitative estimate of drug-likeness (QED) is 0.649. The van der Waals surface area contributed by atoms with E-state index in [4.69, 9.17) is 4.74 Å². The minimum atomic E-state index is 0.686. The van der Waals surface area contributed by atoms with Crippen LogP contribution in [0.2, 0.25) is 0 Å². The second kappa shape index (κ2) is 5.58. The van der Waals surface area contributed by atoms with Gasteiger partial charge in [0.05, 0.1) is 6.61 Å². The summed E-state index contributed by atoms with van der Waals surface area (Å²) in [5.74, 6) is 0.760. The van der Waals surface area contributed by atoms with Crippen LogP contribution in [0.1, 0.15) is 13.3 Å². The van der Waals surface area contributed by atoms with E-state index in [-0.39, 0.29) is 0 Å². The summed E-state index contributed by atoms with van der Waals surface area (Å²) in [6.07, 6.45) is 1.27. The highest BCUT2D eigenvalue weighted by atomic mass is 16.5. The maximum atomic E-state index is 5.02. The van der Waals surface area contributed by atoms with Gasteiger partial charge in [-0.25, -0.2) is 0 Å². The first-order valence-electron chi connectivity index (χ1n) is 5.15. The molecule has 1 fully saturated rings. The number of methoxy groups -OCH3 is 1. The van der Waals surface area contributed by atoms with Crippen LogP contribution in [0.5, 0.6) is 0 Å². The maximum Gasteiger partial charge on any atom is 0.0587 e. The second-order valence-corrected chi connectivity index (χ2v) is 4.08. The predicted molar refractivity (Wildman–Crippen MR) is 54.9 cm³/mol. The average molecular weight is 186 g/mol. The van der Waals surface area contributed by atoms with Crippen molar-refractivity contribution in [2.45, 2.75) is 19.4 Å². The first-order chi connectivity index (χ1) is 6.24. The zero-order valence-electron chi connectivity index (χ0n) is 9.05. The lowest BCUT2D eigenvalue weighted by atomic mass is 9.94. The van der Waals surface area contributed by atoms with Crippen molar-refractivity contribution < 1.29 is 4.74 Å². The Bertz CT molecular complexity index is 141. The van der Waals surface area contributed by atoms with Crippen LogP contribution in [0.4, 0.5) is 0 Å². The van der Waals surface area contributed by atoms with E-state index < -0.39 is 0 Å². The Balaban J connectivity index is 2.18. The zero-order valence-corrected chi connectivity index (χ0v) is 9.05. The zero-order chi connectivity index (χ0) is 9.68. The normalized spacial score (nSPS) is 30.7. The van der Waals surface area contributed by atoms with Crippen molar-refractivity contribution in [3.05, 3.63) is 0 Å². The largest absolute Gasteiger partial charge is 0.383 e. The summed E-state index contributed by atoms with van der Waals surface area (Å²) in [6, 6.07) is 0.686. The number of hydrogen-bond donors (Lipinski definition) is 1. The molecule has 1 aliphatic heterocycles. The van der Waals surface area contributed by atoms with Crippen LogP contribution in [-0.4, -0.2) is 51.3 Å². The summed E-state index contributed by atoms with van der Waals surface area (Å²) in [4.78, 5) is 2.40. The molecular weight excluding hydrogens is 164 g/mol. The molecule has 3 heteroatoms. The topological polar surface area (TPSA) is 24.5 Å². The van der Waals surface area contributed by atoms with Gasteiger partial charge in [0.15, 0.2) is 0 Å². The monoisotopic (exact) mass is 186 g/mol. The van der Waals surface area contributed by atoms with E-state index in [1.165, 1.54) is 19.5 Å². The Hall–Kier alpha value is -0.120. The van der Waals surface area contributed by atoms with E-state index >= 15 is 0 Å². The summed E-state index contributed by atoms with van der Waals surface area (Å²) in [5.41, 5.74) is 0.